The van der Waals surface area contributed by atoms with Crippen LogP contribution in [0.25, 0.3) is 6.08 Å². The largest absolute Gasteiger partial charge is 0.488 e. The molecule has 1 aliphatic heterocycles. The predicted molar refractivity (Wildman–Crippen MR) is 131 cm³/mol. The fourth-order valence-corrected chi connectivity index (χ4v) is 4.33. The third-order valence-electron chi connectivity index (χ3n) is 5.06. The molecule has 1 heterocycles. The summed E-state index contributed by atoms with van der Waals surface area (Å²) in [6.07, 6.45) is 1.77. The average molecular weight is 477 g/mol. The highest BCUT2D eigenvalue weighted by molar-refractivity contribution is 8.18. The van der Waals surface area contributed by atoms with Gasteiger partial charge in [-0.25, -0.2) is 14.2 Å². The molecule has 172 valence electrons. The Morgan fingerprint density at radius 1 is 1.09 bits per heavy atom. The molecule has 1 aliphatic rings. The highest BCUT2D eigenvalue weighted by atomic mass is 32.2. The highest BCUT2D eigenvalue weighted by Crippen LogP contribution is 2.35. The Balaban J connectivity index is 1.55. The number of benzene rings is 3. The van der Waals surface area contributed by atoms with Gasteiger partial charge >= 0.3 is 5.97 Å². The number of likely N-dealkylation sites (N-methyl/N-ethyl adjacent to an activating group) is 1. The van der Waals surface area contributed by atoms with Crippen molar-refractivity contribution in [1.82, 2.24) is 4.90 Å². The summed E-state index contributed by atoms with van der Waals surface area (Å²) in [4.78, 5) is 30.6. The van der Waals surface area contributed by atoms with Gasteiger partial charge in [-0.3, -0.25) is 9.69 Å². The van der Waals surface area contributed by atoms with E-state index in [1.54, 1.807) is 35.2 Å². The molecule has 0 bridgehead atoms. The Hall–Kier alpha value is -3.91. The number of amides is 1. The number of nitrogens with zero attached hydrogens (tertiary/aromatic N) is 2. The Kier molecular flexibility index (Phi) is 7.08. The average Bonchev–Trinajstić information content (AvgIpc) is 3.13. The van der Waals surface area contributed by atoms with Crippen molar-refractivity contribution in [2.24, 2.45) is 4.99 Å². The van der Waals surface area contributed by atoms with Crippen LogP contribution in [0.5, 0.6) is 5.75 Å². The first kappa shape index (κ1) is 23.3. The van der Waals surface area contributed by atoms with E-state index in [-0.39, 0.29) is 23.9 Å². The van der Waals surface area contributed by atoms with Crippen molar-refractivity contribution in [1.29, 1.82) is 0 Å². The summed E-state index contributed by atoms with van der Waals surface area (Å²) >= 11 is 1.26. The van der Waals surface area contributed by atoms with Crippen molar-refractivity contribution in [3.8, 4) is 5.75 Å². The van der Waals surface area contributed by atoms with Crippen LogP contribution in [0.4, 0.5) is 10.1 Å². The molecular weight excluding hydrogens is 455 g/mol. The van der Waals surface area contributed by atoms with E-state index in [9.17, 15) is 14.0 Å². The smallest absolute Gasteiger partial charge is 0.335 e. The number of carboxylic acid groups (broad SMARTS) is 1. The fourth-order valence-electron chi connectivity index (χ4n) is 3.27. The van der Waals surface area contributed by atoms with Crippen molar-refractivity contribution in [2.75, 3.05) is 6.54 Å². The molecule has 3 aromatic carbocycles. The number of thioether (sulfide) groups is 1. The van der Waals surface area contributed by atoms with Gasteiger partial charge in [-0.2, -0.15) is 0 Å². The number of hydrogen-bond acceptors (Lipinski definition) is 5. The number of aliphatic imine (C=N–C) groups is 1. The Labute approximate surface area is 200 Å². The zero-order valence-electron chi connectivity index (χ0n) is 18.3. The Morgan fingerprint density at radius 3 is 2.47 bits per heavy atom. The lowest BCUT2D eigenvalue weighted by atomic mass is 10.1. The zero-order chi connectivity index (χ0) is 24.1. The van der Waals surface area contributed by atoms with Crippen molar-refractivity contribution < 1.29 is 23.8 Å². The van der Waals surface area contributed by atoms with E-state index in [0.29, 0.717) is 28.1 Å². The van der Waals surface area contributed by atoms with Crippen LogP contribution in [0, 0.1) is 5.82 Å². The number of rotatable bonds is 7. The van der Waals surface area contributed by atoms with Crippen LogP contribution in [-0.4, -0.2) is 33.6 Å². The summed E-state index contributed by atoms with van der Waals surface area (Å²) < 4.78 is 19.2. The Bertz CT molecular complexity index is 1270. The van der Waals surface area contributed by atoms with Gasteiger partial charge in [0.25, 0.3) is 5.91 Å². The van der Waals surface area contributed by atoms with E-state index >= 15 is 0 Å². The second kappa shape index (κ2) is 10.4. The molecule has 34 heavy (non-hydrogen) atoms. The number of aromatic carboxylic acids is 1. The molecule has 1 N–H and O–H groups in total. The molecule has 0 spiro atoms. The van der Waals surface area contributed by atoms with E-state index in [4.69, 9.17) is 9.84 Å². The lowest BCUT2D eigenvalue weighted by Crippen LogP contribution is -2.28. The number of amidine groups is 1. The molecule has 0 saturated carbocycles. The molecule has 0 unspecified atom stereocenters. The topological polar surface area (TPSA) is 79.2 Å². The monoisotopic (exact) mass is 476 g/mol. The zero-order valence-corrected chi connectivity index (χ0v) is 19.1. The van der Waals surface area contributed by atoms with Crippen LogP contribution in [-0.2, 0) is 11.4 Å². The van der Waals surface area contributed by atoms with E-state index in [2.05, 4.69) is 4.99 Å². The minimum absolute atomic E-state index is 0.160. The van der Waals surface area contributed by atoms with Crippen LogP contribution in [0.1, 0.15) is 28.4 Å². The minimum Gasteiger partial charge on any atom is -0.488 e. The fraction of sp³-hybridized carbons (Fsp3) is 0.115. The highest BCUT2D eigenvalue weighted by Gasteiger charge is 2.32. The van der Waals surface area contributed by atoms with Crippen molar-refractivity contribution in [2.45, 2.75) is 13.5 Å². The van der Waals surface area contributed by atoms with Crippen LogP contribution in [0.2, 0.25) is 0 Å². The molecule has 0 aliphatic carbocycles. The molecule has 1 amide bonds. The van der Waals surface area contributed by atoms with Crippen LogP contribution in [0.3, 0.4) is 0 Å². The van der Waals surface area contributed by atoms with Gasteiger partial charge in [0.1, 0.15) is 18.2 Å². The molecule has 1 saturated heterocycles. The molecule has 0 atom stereocenters. The molecule has 8 heteroatoms. The van der Waals surface area contributed by atoms with Crippen molar-refractivity contribution >= 4 is 40.6 Å². The second-order valence-corrected chi connectivity index (χ2v) is 8.37. The minimum atomic E-state index is -0.980. The first-order chi connectivity index (χ1) is 16.4. The van der Waals surface area contributed by atoms with E-state index in [1.807, 2.05) is 31.2 Å². The second-order valence-electron chi connectivity index (χ2n) is 7.36. The maximum atomic E-state index is 13.2. The van der Waals surface area contributed by atoms with Crippen molar-refractivity contribution in [3.63, 3.8) is 0 Å². The molecule has 3 aromatic rings. The van der Waals surface area contributed by atoms with E-state index < -0.39 is 5.97 Å². The normalized spacial score (nSPS) is 15.8. The van der Waals surface area contributed by atoms with E-state index in [0.717, 1.165) is 11.1 Å². The summed E-state index contributed by atoms with van der Waals surface area (Å²) in [6, 6.07) is 19.6. The Morgan fingerprint density at radius 2 is 1.79 bits per heavy atom. The molecule has 0 radical (unpaired) electrons. The third kappa shape index (κ3) is 5.35. The summed E-state index contributed by atoms with van der Waals surface area (Å²) in [5.41, 5.74) is 2.34. The maximum Gasteiger partial charge on any atom is 0.335 e. The summed E-state index contributed by atoms with van der Waals surface area (Å²) in [5.74, 6) is -0.891. The van der Waals surface area contributed by atoms with Crippen LogP contribution < -0.4 is 4.74 Å². The predicted octanol–water partition coefficient (Wildman–Crippen LogP) is 5.73. The lowest BCUT2D eigenvalue weighted by molar-refractivity contribution is -0.122. The van der Waals surface area contributed by atoms with Gasteiger partial charge in [0.15, 0.2) is 5.17 Å². The molecule has 0 aromatic heterocycles. The summed E-state index contributed by atoms with van der Waals surface area (Å²) in [6.45, 7) is 2.57. The number of carbonyl (C=O) groups excluding carboxylic acids is 1. The molecular formula is C26H21FN2O4S. The van der Waals surface area contributed by atoms with Crippen molar-refractivity contribution in [3.05, 3.63) is 100 Å². The quantitative estimate of drug-likeness (QED) is 0.441. The maximum absolute atomic E-state index is 13.2. The van der Waals surface area contributed by atoms with Crippen LogP contribution >= 0.6 is 11.8 Å². The van der Waals surface area contributed by atoms with Gasteiger partial charge in [0.2, 0.25) is 0 Å². The van der Waals surface area contributed by atoms with Gasteiger partial charge < -0.3 is 9.84 Å². The first-order valence-corrected chi connectivity index (χ1v) is 11.4. The van der Waals surface area contributed by atoms with Gasteiger partial charge in [-0.1, -0.05) is 30.3 Å². The van der Waals surface area contributed by atoms with Gasteiger partial charge in [0, 0.05) is 12.1 Å². The summed E-state index contributed by atoms with van der Waals surface area (Å²) in [5, 5.41) is 9.56. The number of ether oxygens (including phenoxy) is 1. The lowest BCUT2D eigenvalue weighted by Gasteiger charge is -2.12. The number of carbonyl (C=O) groups is 2. The van der Waals surface area contributed by atoms with Gasteiger partial charge in [-0.05, 0) is 72.8 Å². The standard InChI is InChI=1S/C26H21FN2O4S/c1-2-29-24(30)23(34-26(29)28-21-13-11-20(27)12-14-21)15-19-5-3-4-6-22(19)33-16-17-7-9-18(10-8-17)25(31)32/h3-15H,2,16H2,1H3,(H,31,32)/b23-15-,28-26?. The molecule has 4 rings (SSSR count). The summed E-state index contributed by atoms with van der Waals surface area (Å²) in [7, 11) is 0. The number of para-hydroxylation sites is 1. The van der Waals surface area contributed by atoms with Gasteiger partial charge in [-0.15, -0.1) is 0 Å². The van der Waals surface area contributed by atoms with Crippen LogP contribution in [0.15, 0.2) is 82.7 Å². The van der Waals surface area contributed by atoms with Gasteiger partial charge in [0.05, 0.1) is 16.2 Å². The number of halogens is 1. The number of carboxylic acids is 1. The molecule has 1 fully saturated rings. The third-order valence-corrected chi connectivity index (χ3v) is 6.06. The first-order valence-electron chi connectivity index (χ1n) is 10.5. The van der Waals surface area contributed by atoms with E-state index in [1.165, 1.54) is 36.0 Å². The number of hydrogen-bond donors (Lipinski definition) is 1. The SMILES string of the molecule is CCN1C(=O)/C(=C/c2ccccc2OCc2ccc(C(=O)O)cc2)SC1=Nc1ccc(F)cc1. The molecule has 6 nitrogen and oxygen atoms in total.